The summed E-state index contributed by atoms with van der Waals surface area (Å²) in [5.74, 6) is 1.19. The molecule has 1 aromatic rings. The van der Waals surface area contributed by atoms with Gasteiger partial charge in [0.25, 0.3) is 0 Å². The Morgan fingerprint density at radius 2 is 1.85 bits per heavy atom. The lowest BCUT2D eigenvalue weighted by molar-refractivity contribution is -0.118. The average Bonchev–Trinajstić information content (AvgIpc) is 3.01. The monoisotopic (exact) mass is 380 g/mol. The molecule has 2 N–H and O–H groups in total. The smallest absolute Gasteiger partial charge is 0.172 e. The second kappa shape index (κ2) is 9.14. The van der Waals surface area contributed by atoms with Crippen molar-refractivity contribution in [2.75, 3.05) is 12.8 Å². The minimum atomic E-state index is -2.97. The van der Waals surface area contributed by atoms with Crippen LogP contribution in [0.5, 0.6) is 0 Å². The van der Waals surface area contributed by atoms with Gasteiger partial charge in [-0.1, -0.05) is 30.7 Å². The van der Waals surface area contributed by atoms with Gasteiger partial charge in [-0.25, -0.2) is 14.0 Å². The Bertz CT molecular complexity index is 742. The van der Waals surface area contributed by atoms with Crippen molar-refractivity contribution in [1.82, 2.24) is 16.1 Å². The summed E-state index contributed by atoms with van der Waals surface area (Å²) >= 11 is 0. The summed E-state index contributed by atoms with van der Waals surface area (Å²) < 4.78 is 23.5. The summed E-state index contributed by atoms with van der Waals surface area (Å²) in [5, 5.41) is 5.59. The van der Waals surface area contributed by atoms with Crippen LogP contribution in [0.2, 0.25) is 0 Å². The van der Waals surface area contributed by atoms with Crippen LogP contribution in [0, 0.1) is 0 Å². The minimum Gasteiger partial charge on any atom is -0.299 e. The molecule has 0 saturated heterocycles. The molecule has 26 heavy (non-hydrogen) atoms. The summed E-state index contributed by atoms with van der Waals surface area (Å²) in [6.45, 7) is 3.41. The normalized spacial score (nSPS) is 14.5. The van der Waals surface area contributed by atoms with E-state index in [1.807, 2.05) is 31.3 Å². The molecule has 7 nitrogen and oxygen atoms in total. The molecule has 2 rings (SSSR count). The Hall–Kier alpha value is -1.93. The fourth-order valence-electron chi connectivity index (χ4n) is 2.66. The summed E-state index contributed by atoms with van der Waals surface area (Å²) in [7, 11) is -1.11. The quantitative estimate of drug-likeness (QED) is 0.602. The zero-order chi connectivity index (χ0) is 19.2. The number of Topliss-reactive ketones (excluding diaryl/α,β-unsaturated/α-hetero) is 1. The maximum Gasteiger partial charge on any atom is 0.172 e. The number of nitrogens with zero attached hydrogens (tertiary/aromatic N) is 2. The fourth-order valence-corrected chi connectivity index (χ4v) is 3.74. The average molecular weight is 381 g/mol. The third-order valence-corrected chi connectivity index (χ3v) is 6.71. The molecule has 0 unspecified atom stereocenters. The number of unbranched alkanes of at least 4 members (excludes halogenated alkanes) is 2. The van der Waals surface area contributed by atoms with Crippen molar-refractivity contribution in [1.29, 1.82) is 0 Å². The van der Waals surface area contributed by atoms with E-state index < -0.39 is 9.84 Å². The van der Waals surface area contributed by atoms with Gasteiger partial charge in [0, 0.05) is 25.5 Å². The number of hydrazone groups is 1. The van der Waals surface area contributed by atoms with Crippen LogP contribution in [-0.4, -0.2) is 43.1 Å². The molecular weight excluding hydrogens is 352 g/mol. The van der Waals surface area contributed by atoms with Crippen molar-refractivity contribution in [3.8, 4) is 0 Å². The third kappa shape index (κ3) is 5.81. The number of hydrogen-bond donors (Lipinski definition) is 2. The third-order valence-electron chi connectivity index (χ3n) is 4.41. The number of ketones is 1. The van der Waals surface area contributed by atoms with E-state index in [-0.39, 0.29) is 16.8 Å². The first-order valence-electron chi connectivity index (χ1n) is 8.94. The number of carbonyl (C=O) groups excluding carboxylic acids is 1. The topological polar surface area (TPSA) is 90.9 Å². The summed E-state index contributed by atoms with van der Waals surface area (Å²) in [6.07, 6.45) is 3.03. The number of hydrogen-bond acceptors (Lipinski definition) is 7. The van der Waals surface area contributed by atoms with Crippen molar-refractivity contribution >= 4 is 21.5 Å². The summed E-state index contributed by atoms with van der Waals surface area (Å²) in [5.41, 5.74) is 7.48. The van der Waals surface area contributed by atoms with E-state index in [0.717, 1.165) is 29.8 Å². The van der Waals surface area contributed by atoms with E-state index in [9.17, 15) is 13.2 Å². The van der Waals surface area contributed by atoms with Crippen LogP contribution in [-0.2, 0) is 21.1 Å². The summed E-state index contributed by atoms with van der Waals surface area (Å²) in [4.78, 5) is 12.1. The van der Waals surface area contributed by atoms with E-state index in [0.29, 0.717) is 19.3 Å². The van der Waals surface area contributed by atoms with Gasteiger partial charge in [-0.2, -0.15) is 0 Å². The van der Waals surface area contributed by atoms with Crippen molar-refractivity contribution in [3.63, 3.8) is 0 Å². The Morgan fingerprint density at radius 3 is 2.42 bits per heavy atom. The van der Waals surface area contributed by atoms with Crippen LogP contribution >= 0.6 is 0 Å². The molecular formula is C18H28N4O3S. The second-order valence-corrected chi connectivity index (χ2v) is 9.53. The molecule has 0 atom stereocenters. The van der Waals surface area contributed by atoms with Crippen LogP contribution in [0.25, 0.3) is 0 Å². The number of nitrogens with one attached hydrogen (secondary N) is 2. The van der Waals surface area contributed by atoms with Gasteiger partial charge in [0.2, 0.25) is 0 Å². The maximum atomic E-state index is 12.1. The van der Waals surface area contributed by atoms with Crippen molar-refractivity contribution in [2.24, 2.45) is 5.10 Å². The predicted molar refractivity (Wildman–Crippen MR) is 103 cm³/mol. The molecule has 0 fully saturated rings. The Kier molecular flexibility index (Phi) is 7.16. The highest BCUT2D eigenvalue weighted by Crippen LogP contribution is 2.12. The minimum absolute atomic E-state index is 0.183. The number of benzene rings is 1. The Morgan fingerprint density at radius 1 is 1.15 bits per heavy atom. The molecule has 1 aliphatic heterocycles. The van der Waals surface area contributed by atoms with Gasteiger partial charge in [-0.05, 0) is 32.3 Å². The number of carbonyl (C=O) groups is 1. The zero-order valence-electron chi connectivity index (χ0n) is 15.7. The first kappa shape index (κ1) is 20.4. The van der Waals surface area contributed by atoms with Crippen LogP contribution in [0.4, 0.5) is 0 Å². The standard InChI is InChI=1S/C18H28N4O3S/c1-14(2)26(24,25)12-6-4-5-7-17(23)13-15-8-10-16(11-9-15)18-19-20-21-22(18)3/h8-11,14,20-21H,4-7,12-13H2,1-3H3. The lowest BCUT2D eigenvalue weighted by atomic mass is 10.0. The van der Waals surface area contributed by atoms with Gasteiger partial charge >= 0.3 is 0 Å². The van der Waals surface area contributed by atoms with E-state index in [1.54, 1.807) is 18.9 Å². The van der Waals surface area contributed by atoms with Gasteiger partial charge in [0.15, 0.2) is 15.7 Å². The van der Waals surface area contributed by atoms with Gasteiger partial charge in [0.1, 0.15) is 5.78 Å². The number of sulfone groups is 1. The number of rotatable bonds is 10. The van der Waals surface area contributed by atoms with Crippen molar-refractivity contribution in [3.05, 3.63) is 35.4 Å². The maximum absolute atomic E-state index is 12.1. The molecule has 0 aromatic heterocycles. The molecule has 0 saturated carbocycles. The largest absolute Gasteiger partial charge is 0.299 e. The SMILES string of the molecule is CC(C)S(=O)(=O)CCCCCC(=O)Cc1ccc(C2=NNNN2C)cc1. The first-order valence-corrected chi connectivity index (χ1v) is 10.7. The van der Waals surface area contributed by atoms with Gasteiger partial charge < -0.3 is 0 Å². The lowest BCUT2D eigenvalue weighted by Gasteiger charge is -2.12. The van der Waals surface area contributed by atoms with Crippen molar-refractivity contribution < 1.29 is 13.2 Å². The van der Waals surface area contributed by atoms with Gasteiger partial charge in [-0.15, -0.1) is 10.6 Å². The Balaban J connectivity index is 1.71. The van der Waals surface area contributed by atoms with Gasteiger partial charge in [0.05, 0.1) is 11.0 Å². The van der Waals surface area contributed by atoms with E-state index in [1.165, 1.54) is 0 Å². The van der Waals surface area contributed by atoms with Crippen molar-refractivity contribution in [2.45, 2.75) is 51.2 Å². The second-order valence-electron chi connectivity index (χ2n) is 6.86. The van der Waals surface area contributed by atoms with Crippen LogP contribution < -0.4 is 11.1 Å². The molecule has 0 bridgehead atoms. The highest BCUT2D eigenvalue weighted by Gasteiger charge is 2.16. The molecule has 0 aliphatic carbocycles. The van der Waals surface area contributed by atoms with Crippen LogP contribution in [0.15, 0.2) is 29.4 Å². The summed E-state index contributed by atoms with van der Waals surface area (Å²) in [6, 6.07) is 7.78. The molecule has 0 amide bonds. The van der Waals surface area contributed by atoms with Crippen LogP contribution in [0.1, 0.15) is 50.7 Å². The fraction of sp³-hybridized carbons (Fsp3) is 0.556. The van der Waals surface area contributed by atoms with Crippen LogP contribution in [0.3, 0.4) is 0 Å². The molecule has 0 spiro atoms. The molecule has 8 heteroatoms. The Labute approximate surface area is 155 Å². The van der Waals surface area contributed by atoms with Gasteiger partial charge in [-0.3, -0.25) is 9.80 Å². The number of amidine groups is 1. The van der Waals surface area contributed by atoms with E-state index in [2.05, 4.69) is 16.2 Å². The molecule has 0 radical (unpaired) electrons. The van der Waals surface area contributed by atoms with E-state index >= 15 is 0 Å². The number of hydrazine groups is 2. The highest BCUT2D eigenvalue weighted by atomic mass is 32.2. The molecule has 1 heterocycles. The molecule has 1 aliphatic rings. The highest BCUT2D eigenvalue weighted by molar-refractivity contribution is 7.91. The lowest BCUT2D eigenvalue weighted by Crippen LogP contribution is -2.37. The predicted octanol–water partition coefficient (Wildman–Crippen LogP) is 1.80. The zero-order valence-corrected chi connectivity index (χ0v) is 16.5. The van der Waals surface area contributed by atoms with E-state index in [4.69, 9.17) is 0 Å². The first-order chi connectivity index (χ1) is 12.3. The molecule has 144 valence electrons. The molecule has 1 aromatic carbocycles.